The van der Waals surface area contributed by atoms with Gasteiger partial charge in [-0.3, -0.25) is 9.59 Å². The van der Waals surface area contributed by atoms with Crippen molar-refractivity contribution in [2.45, 2.75) is 33.2 Å². The minimum atomic E-state index is -0.210. The molecule has 2 aromatic carbocycles. The van der Waals surface area contributed by atoms with E-state index in [-0.39, 0.29) is 11.8 Å². The van der Waals surface area contributed by atoms with Crippen LogP contribution in [0.4, 0.5) is 17.3 Å². The van der Waals surface area contributed by atoms with E-state index >= 15 is 0 Å². The predicted octanol–water partition coefficient (Wildman–Crippen LogP) is 4.34. The van der Waals surface area contributed by atoms with Gasteiger partial charge in [0.1, 0.15) is 11.6 Å². The summed E-state index contributed by atoms with van der Waals surface area (Å²) in [6.45, 7) is 7.24. The average Bonchev–Trinajstić information content (AvgIpc) is 3.42. The number of nitrogens with one attached hydrogen (secondary N) is 1. The molecule has 3 aromatic rings. The number of carbonyl (C=O) groups excluding carboxylic acids is 2. The number of ether oxygens (including phenoxy) is 1. The van der Waals surface area contributed by atoms with Gasteiger partial charge >= 0.3 is 0 Å². The lowest BCUT2D eigenvalue weighted by atomic mass is 9.98. The third-order valence-electron chi connectivity index (χ3n) is 6.59. The normalized spacial score (nSPS) is 14.8. The number of rotatable bonds is 7. The second kappa shape index (κ2) is 9.44. The van der Waals surface area contributed by atoms with E-state index in [0.717, 1.165) is 60.9 Å². The Balaban J connectivity index is 1.26. The van der Waals surface area contributed by atoms with Gasteiger partial charge in [-0.1, -0.05) is 13.8 Å². The smallest absolute Gasteiger partial charge is 0.256 e. The summed E-state index contributed by atoms with van der Waals surface area (Å²) in [6.07, 6.45) is 1.84. The minimum Gasteiger partial charge on any atom is -0.494 e. The number of likely N-dealkylation sites (N-methyl/N-ethyl adjacent to an activating group) is 1. The van der Waals surface area contributed by atoms with Crippen molar-refractivity contribution in [2.75, 3.05) is 37.0 Å². The van der Waals surface area contributed by atoms with Crippen molar-refractivity contribution in [2.24, 2.45) is 5.92 Å². The zero-order valence-electron chi connectivity index (χ0n) is 20.5. The lowest BCUT2D eigenvalue weighted by Gasteiger charge is -2.26. The molecule has 8 heteroatoms. The van der Waals surface area contributed by atoms with Crippen LogP contribution in [-0.4, -0.2) is 53.2 Å². The van der Waals surface area contributed by atoms with E-state index in [2.05, 4.69) is 35.2 Å². The fourth-order valence-corrected chi connectivity index (χ4v) is 4.48. The molecule has 182 valence electrons. The standard InChI is InChI=1S/C27H31N5O3/c1-18(2)11-15-35-22-7-4-19(5-8-22)26(33)28-24-17-25-31(13-14-32(25)29-24)21-6-9-23-20(16-21)10-12-30(3)27(23)34/h4-9,16-18H,10-15H2,1-3H3,(H,28,29,33). The predicted molar refractivity (Wildman–Crippen MR) is 136 cm³/mol. The number of anilines is 3. The Hall–Kier alpha value is -3.81. The molecule has 0 fully saturated rings. The highest BCUT2D eigenvalue weighted by Gasteiger charge is 2.26. The van der Waals surface area contributed by atoms with Crippen LogP contribution in [0.15, 0.2) is 48.5 Å². The Kier molecular flexibility index (Phi) is 6.19. The molecule has 0 saturated heterocycles. The molecule has 35 heavy (non-hydrogen) atoms. The first-order valence-electron chi connectivity index (χ1n) is 12.2. The summed E-state index contributed by atoms with van der Waals surface area (Å²) < 4.78 is 7.64. The van der Waals surface area contributed by atoms with E-state index in [4.69, 9.17) is 4.74 Å². The van der Waals surface area contributed by atoms with Crippen molar-refractivity contribution in [1.29, 1.82) is 0 Å². The molecular weight excluding hydrogens is 442 g/mol. The average molecular weight is 474 g/mol. The van der Waals surface area contributed by atoms with Gasteiger partial charge in [-0.2, -0.15) is 5.10 Å². The second-order valence-electron chi connectivity index (χ2n) is 9.59. The highest BCUT2D eigenvalue weighted by molar-refractivity contribution is 6.04. The zero-order valence-corrected chi connectivity index (χ0v) is 20.5. The highest BCUT2D eigenvalue weighted by Crippen LogP contribution is 2.34. The maximum atomic E-state index is 12.8. The molecule has 0 bridgehead atoms. The molecule has 0 unspecified atom stereocenters. The molecule has 2 aliphatic rings. The number of carbonyl (C=O) groups is 2. The Bertz CT molecular complexity index is 1250. The van der Waals surface area contributed by atoms with Crippen molar-refractivity contribution in [3.8, 4) is 5.75 Å². The molecule has 3 heterocycles. The zero-order chi connectivity index (χ0) is 24.5. The largest absolute Gasteiger partial charge is 0.494 e. The Morgan fingerprint density at radius 2 is 1.89 bits per heavy atom. The molecule has 0 atom stereocenters. The molecular formula is C27H31N5O3. The van der Waals surface area contributed by atoms with Gasteiger partial charge in [0.2, 0.25) is 0 Å². The van der Waals surface area contributed by atoms with Crippen molar-refractivity contribution in [3.63, 3.8) is 0 Å². The number of amides is 2. The summed E-state index contributed by atoms with van der Waals surface area (Å²) in [7, 11) is 1.84. The van der Waals surface area contributed by atoms with E-state index in [0.29, 0.717) is 23.9 Å². The van der Waals surface area contributed by atoms with Gasteiger partial charge in [-0.05, 0) is 66.8 Å². The lowest BCUT2D eigenvalue weighted by molar-refractivity contribution is 0.0780. The SMILES string of the molecule is CC(C)CCOc1ccc(C(=O)Nc2cc3n(n2)CCN3c2ccc3c(c2)CCN(C)C3=O)cc1. The van der Waals surface area contributed by atoms with E-state index in [1.165, 1.54) is 0 Å². The Labute approximate surface area is 205 Å². The van der Waals surface area contributed by atoms with Crippen LogP contribution in [0, 0.1) is 5.92 Å². The van der Waals surface area contributed by atoms with Crippen LogP contribution in [0.5, 0.6) is 5.75 Å². The fraction of sp³-hybridized carbons (Fsp3) is 0.370. The summed E-state index contributed by atoms with van der Waals surface area (Å²) in [4.78, 5) is 29.1. The van der Waals surface area contributed by atoms with Crippen LogP contribution < -0.4 is 15.0 Å². The molecule has 2 amide bonds. The minimum absolute atomic E-state index is 0.0735. The summed E-state index contributed by atoms with van der Waals surface area (Å²) >= 11 is 0. The van der Waals surface area contributed by atoms with Crippen LogP contribution >= 0.6 is 0 Å². The Morgan fingerprint density at radius 3 is 2.66 bits per heavy atom. The van der Waals surface area contributed by atoms with Gasteiger partial charge in [0.25, 0.3) is 11.8 Å². The number of nitrogens with zero attached hydrogens (tertiary/aromatic N) is 4. The first kappa shape index (κ1) is 23.0. The number of aromatic nitrogens is 2. The molecule has 0 saturated carbocycles. The molecule has 8 nitrogen and oxygen atoms in total. The third kappa shape index (κ3) is 4.73. The van der Waals surface area contributed by atoms with Crippen LogP contribution in [0.1, 0.15) is 46.5 Å². The second-order valence-corrected chi connectivity index (χ2v) is 9.59. The third-order valence-corrected chi connectivity index (χ3v) is 6.59. The van der Waals surface area contributed by atoms with E-state index in [9.17, 15) is 9.59 Å². The van der Waals surface area contributed by atoms with Crippen molar-refractivity contribution < 1.29 is 14.3 Å². The van der Waals surface area contributed by atoms with Crippen molar-refractivity contribution in [1.82, 2.24) is 14.7 Å². The highest BCUT2D eigenvalue weighted by atomic mass is 16.5. The number of hydrogen-bond donors (Lipinski definition) is 1. The van der Waals surface area contributed by atoms with Crippen LogP contribution in [0.3, 0.4) is 0 Å². The van der Waals surface area contributed by atoms with Gasteiger partial charge in [-0.15, -0.1) is 0 Å². The molecule has 2 aliphatic heterocycles. The molecule has 5 rings (SSSR count). The van der Waals surface area contributed by atoms with Crippen molar-refractivity contribution in [3.05, 3.63) is 65.2 Å². The lowest BCUT2D eigenvalue weighted by Crippen LogP contribution is -2.34. The molecule has 0 aliphatic carbocycles. The molecule has 1 aromatic heterocycles. The first-order valence-corrected chi connectivity index (χ1v) is 12.2. The van der Waals surface area contributed by atoms with Crippen molar-refractivity contribution >= 4 is 29.1 Å². The summed E-state index contributed by atoms with van der Waals surface area (Å²) in [5.74, 6) is 2.65. The van der Waals surface area contributed by atoms with Gasteiger partial charge < -0.3 is 19.9 Å². The molecule has 1 N–H and O–H groups in total. The number of fused-ring (bicyclic) bond motifs is 2. The van der Waals surface area contributed by atoms with E-state index in [1.54, 1.807) is 17.0 Å². The van der Waals surface area contributed by atoms with Gasteiger partial charge in [0.15, 0.2) is 5.82 Å². The quantitative estimate of drug-likeness (QED) is 0.552. The van der Waals surface area contributed by atoms with Gasteiger partial charge in [0, 0.05) is 43.0 Å². The van der Waals surface area contributed by atoms with E-state index in [1.807, 2.05) is 42.1 Å². The van der Waals surface area contributed by atoms with Gasteiger partial charge in [-0.25, -0.2) is 4.68 Å². The van der Waals surface area contributed by atoms with Crippen LogP contribution in [0.2, 0.25) is 0 Å². The maximum Gasteiger partial charge on any atom is 0.256 e. The molecule has 0 radical (unpaired) electrons. The summed E-state index contributed by atoms with van der Waals surface area (Å²) in [5, 5.41) is 7.48. The summed E-state index contributed by atoms with van der Waals surface area (Å²) in [6, 6.07) is 15.1. The first-order chi connectivity index (χ1) is 16.9. The van der Waals surface area contributed by atoms with Crippen LogP contribution in [-0.2, 0) is 13.0 Å². The van der Waals surface area contributed by atoms with E-state index < -0.39 is 0 Å². The monoisotopic (exact) mass is 473 g/mol. The van der Waals surface area contributed by atoms with Crippen LogP contribution in [0.25, 0.3) is 0 Å². The topological polar surface area (TPSA) is 79.7 Å². The molecule has 0 spiro atoms. The number of hydrogen-bond acceptors (Lipinski definition) is 5. The fourth-order valence-electron chi connectivity index (χ4n) is 4.48. The van der Waals surface area contributed by atoms with Gasteiger partial charge in [0.05, 0.1) is 13.2 Å². The summed E-state index contributed by atoms with van der Waals surface area (Å²) in [5.41, 5.74) is 3.44. The Morgan fingerprint density at radius 1 is 1.09 bits per heavy atom. The maximum absolute atomic E-state index is 12.8. The number of benzene rings is 2.